The summed E-state index contributed by atoms with van der Waals surface area (Å²) in [6.45, 7) is 7.18. The second kappa shape index (κ2) is 7.25. The maximum absolute atomic E-state index is 12.6. The minimum Gasteiger partial charge on any atom is -0.334 e. The van der Waals surface area contributed by atoms with Crippen molar-refractivity contribution < 1.29 is 13.2 Å². The molecule has 0 unspecified atom stereocenters. The first-order chi connectivity index (χ1) is 11.3. The van der Waals surface area contributed by atoms with Crippen molar-refractivity contribution >= 4 is 11.5 Å². The Labute approximate surface area is 137 Å². The van der Waals surface area contributed by atoms with E-state index >= 15 is 0 Å². The summed E-state index contributed by atoms with van der Waals surface area (Å²) in [7, 11) is 0. The van der Waals surface area contributed by atoms with Gasteiger partial charge in [-0.05, 0) is 19.4 Å². The van der Waals surface area contributed by atoms with Crippen LogP contribution in [-0.2, 0) is 12.6 Å². The van der Waals surface area contributed by atoms with Crippen LogP contribution in [0.4, 0.5) is 13.2 Å². The van der Waals surface area contributed by atoms with E-state index < -0.39 is 11.9 Å². The maximum Gasteiger partial charge on any atom is 0.432 e. The number of aromatic amines is 1. The van der Waals surface area contributed by atoms with Crippen LogP contribution in [0.3, 0.4) is 0 Å². The molecule has 2 aromatic rings. The highest BCUT2D eigenvalue weighted by atomic mass is 19.4. The second-order valence-electron chi connectivity index (χ2n) is 5.22. The average molecular weight is 334 g/mol. The Morgan fingerprint density at radius 2 is 1.92 bits per heavy atom. The minimum absolute atomic E-state index is 0.188. The Kier molecular flexibility index (Phi) is 5.33. The fraction of sp³-hybridized carbons (Fsp3) is 0.235. The molecule has 0 atom stereocenters. The van der Waals surface area contributed by atoms with Crippen LogP contribution in [0.25, 0.3) is 11.4 Å². The van der Waals surface area contributed by atoms with Gasteiger partial charge < -0.3 is 4.98 Å². The first-order valence-corrected chi connectivity index (χ1v) is 7.20. The van der Waals surface area contributed by atoms with Gasteiger partial charge in [-0.1, -0.05) is 30.8 Å². The molecule has 0 fully saturated rings. The van der Waals surface area contributed by atoms with Gasteiger partial charge in [0.05, 0.1) is 6.20 Å². The molecule has 1 aromatic heterocycles. The van der Waals surface area contributed by atoms with E-state index in [1.807, 2.05) is 19.1 Å². The Morgan fingerprint density at radius 3 is 2.46 bits per heavy atom. The van der Waals surface area contributed by atoms with Crippen molar-refractivity contribution in [1.82, 2.24) is 9.97 Å². The number of nitrogens with one attached hydrogen (secondary N) is 1. The van der Waals surface area contributed by atoms with Gasteiger partial charge >= 0.3 is 6.18 Å². The predicted molar refractivity (Wildman–Crippen MR) is 89.1 cm³/mol. The molecule has 0 amide bonds. The lowest BCUT2D eigenvalue weighted by Crippen LogP contribution is -2.04. The Balaban J connectivity index is 2.12. The highest BCUT2D eigenvalue weighted by Crippen LogP contribution is 2.29. The summed E-state index contributed by atoms with van der Waals surface area (Å²) >= 11 is 0. The summed E-state index contributed by atoms with van der Waals surface area (Å²) in [6.07, 6.45) is -1.58. The zero-order chi connectivity index (χ0) is 17.7. The van der Waals surface area contributed by atoms with Crippen LogP contribution in [0, 0.1) is 0 Å². The summed E-state index contributed by atoms with van der Waals surface area (Å²) in [5.41, 5.74) is 1.60. The molecule has 1 N–H and O–H groups in total. The van der Waals surface area contributed by atoms with Crippen LogP contribution in [0.5, 0.6) is 0 Å². The van der Waals surface area contributed by atoms with E-state index in [2.05, 4.69) is 26.5 Å². The fourth-order valence-corrected chi connectivity index (χ4v) is 2.16. The molecule has 0 saturated heterocycles. The molecule has 0 aliphatic rings. The van der Waals surface area contributed by atoms with Gasteiger partial charge in [-0.3, -0.25) is 0 Å². The Hall–Kier alpha value is -2.70. The lowest BCUT2D eigenvalue weighted by molar-refractivity contribution is -0.140. The van der Waals surface area contributed by atoms with Crippen LogP contribution < -0.4 is 0 Å². The summed E-state index contributed by atoms with van der Waals surface area (Å²) in [4.78, 5) is 14.4. The smallest absolute Gasteiger partial charge is 0.334 e. The van der Waals surface area contributed by atoms with Crippen molar-refractivity contribution in [3.8, 4) is 11.4 Å². The summed E-state index contributed by atoms with van der Waals surface area (Å²) < 4.78 is 37.7. The quantitative estimate of drug-likeness (QED) is 0.641. The van der Waals surface area contributed by atoms with Gasteiger partial charge in [-0.2, -0.15) is 13.2 Å². The topological polar surface area (TPSA) is 53.4 Å². The third-order valence-corrected chi connectivity index (χ3v) is 3.20. The molecule has 1 heterocycles. The van der Waals surface area contributed by atoms with Crippen LogP contribution in [-0.4, -0.2) is 21.5 Å². The van der Waals surface area contributed by atoms with Gasteiger partial charge in [-0.25, -0.2) is 15.0 Å². The number of rotatable bonds is 4. The monoisotopic (exact) mass is 334 g/mol. The molecule has 0 aliphatic carbocycles. The number of alkyl halides is 3. The number of nitrogens with zero attached hydrogens (tertiary/aromatic N) is 3. The van der Waals surface area contributed by atoms with Crippen molar-refractivity contribution in [2.75, 3.05) is 0 Å². The molecule has 7 heteroatoms. The number of benzene rings is 1. The first-order valence-electron chi connectivity index (χ1n) is 7.20. The Bertz CT molecular complexity index is 768. The molecule has 2 rings (SSSR count). The fourth-order valence-electron chi connectivity index (χ4n) is 2.16. The normalized spacial score (nSPS) is 13.2. The number of aromatic nitrogens is 2. The first kappa shape index (κ1) is 17.7. The molecule has 0 bridgehead atoms. The molecule has 24 heavy (non-hydrogen) atoms. The highest BCUT2D eigenvalue weighted by molar-refractivity contribution is 5.97. The summed E-state index contributed by atoms with van der Waals surface area (Å²) in [5, 5.41) is 0. The van der Waals surface area contributed by atoms with Crippen molar-refractivity contribution in [3.63, 3.8) is 0 Å². The molecule has 1 aromatic carbocycles. The minimum atomic E-state index is -4.43. The van der Waals surface area contributed by atoms with Crippen molar-refractivity contribution in [1.29, 1.82) is 0 Å². The molecular weight excluding hydrogens is 317 g/mol. The van der Waals surface area contributed by atoms with Crippen molar-refractivity contribution in [2.45, 2.75) is 26.4 Å². The number of hydrogen-bond acceptors (Lipinski definition) is 2. The molecule has 0 saturated carbocycles. The van der Waals surface area contributed by atoms with E-state index in [-0.39, 0.29) is 5.82 Å². The number of imidazole rings is 1. The number of amidine groups is 1. The average Bonchev–Trinajstić information content (AvgIpc) is 2.98. The number of H-pyrrole nitrogens is 1. The third-order valence-electron chi connectivity index (χ3n) is 3.20. The van der Waals surface area contributed by atoms with E-state index in [0.29, 0.717) is 17.8 Å². The largest absolute Gasteiger partial charge is 0.432 e. The number of hydrogen-bond donors (Lipinski definition) is 1. The van der Waals surface area contributed by atoms with E-state index in [1.165, 1.54) is 6.20 Å². The van der Waals surface area contributed by atoms with Gasteiger partial charge in [0.15, 0.2) is 0 Å². The predicted octanol–water partition coefficient (Wildman–Crippen LogP) is 4.66. The van der Waals surface area contributed by atoms with Gasteiger partial charge in [-0.15, -0.1) is 0 Å². The molecule has 0 radical (unpaired) electrons. The van der Waals surface area contributed by atoms with Crippen LogP contribution in [0.2, 0.25) is 0 Å². The molecule has 0 spiro atoms. The van der Waals surface area contributed by atoms with E-state index in [1.54, 1.807) is 19.1 Å². The van der Waals surface area contributed by atoms with Gasteiger partial charge in [0.1, 0.15) is 17.4 Å². The van der Waals surface area contributed by atoms with Crippen molar-refractivity contribution in [3.05, 3.63) is 54.5 Å². The lowest BCUT2D eigenvalue weighted by Gasteiger charge is -2.04. The lowest BCUT2D eigenvalue weighted by atomic mass is 10.1. The SMILES string of the molecule is C=CN=C(C)N=C(C)Cc1ccc(-c2ncc(C(F)(F)F)[nH]2)cc1. The molecular formula is C17H17F3N4. The molecule has 4 nitrogen and oxygen atoms in total. The maximum atomic E-state index is 12.6. The van der Waals surface area contributed by atoms with Gasteiger partial charge in [0.2, 0.25) is 0 Å². The summed E-state index contributed by atoms with van der Waals surface area (Å²) in [5.74, 6) is 0.808. The van der Waals surface area contributed by atoms with E-state index in [9.17, 15) is 13.2 Å². The zero-order valence-electron chi connectivity index (χ0n) is 13.4. The Morgan fingerprint density at radius 1 is 1.25 bits per heavy atom. The zero-order valence-corrected chi connectivity index (χ0v) is 13.4. The van der Waals surface area contributed by atoms with Gasteiger partial charge in [0, 0.05) is 23.9 Å². The van der Waals surface area contributed by atoms with Crippen LogP contribution >= 0.6 is 0 Å². The van der Waals surface area contributed by atoms with Crippen molar-refractivity contribution in [2.24, 2.45) is 9.98 Å². The number of halogens is 3. The van der Waals surface area contributed by atoms with E-state index in [4.69, 9.17) is 0 Å². The van der Waals surface area contributed by atoms with E-state index in [0.717, 1.165) is 17.5 Å². The highest BCUT2D eigenvalue weighted by Gasteiger charge is 2.33. The number of aliphatic imine (C=N–C) groups is 2. The molecule has 0 aliphatic heterocycles. The standard InChI is InChI=1S/C17H17F3N4/c1-4-21-12(3)23-11(2)9-13-5-7-14(8-6-13)16-22-10-15(24-16)17(18,19)20/h4-8,10H,1,9H2,2-3H3,(H,22,24). The van der Waals surface area contributed by atoms with Crippen LogP contribution in [0.15, 0.2) is 53.2 Å². The van der Waals surface area contributed by atoms with Gasteiger partial charge in [0.25, 0.3) is 0 Å². The van der Waals surface area contributed by atoms with Crippen LogP contribution in [0.1, 0.15) is 25.1 Å². The molecule has 126 valence electrons. The third kappa shape index (κ3) is 4.65. The second-order valence-corrected chi connectivity index (χ2v) is 5.22. The summed E-state index contributed by atoms with van der Waals surface area (Å²) in [6, 6.07) is 7.13.